The molecule has 1 aromatic rings. The number of nitrogens with one attached hydrogen (secondary N) is 2. The van der Waals surface area contributed by atoms with E-state index in [0.717, 1.165) is 15.6 Å². The van der Waals surface area contributed by atoms with Crippen LogP contribution in [0, 0.1) is 6.92 Å². The summed E-state index contributed by atoms with van der Waals surface area (Å²) in [5, 5.41) is 5.46. The summed E-state index contributed by atoms with van der Waals surface area (Å²) < 4.78 is 12.2. The van der Waals surface area contributed by atoms with Crippen LogP contribution in [0.3, 0.4) is 0 Å². The van der Waals surface area contributed by atoms with Crippen molar-refractivity contribution in [1.82, 2.24) is 10.6 Å². The number of hydrogen-bond acceptors (Lipinski definition) is 2. The van der Waals surface area contributed by atoms with Gasteiger partial charge in [-0.15, -0.1) is 0 Å². The van der Waals surface area contributed by atoms with Gasteiger partial charge in [0.05, 0.1) is 0 Å². The predicted octanol–water partition coefficient (Wildman–Crippen LogP) is 2.32. The Morgan fingerprint density at radius 3 is 2.68 bits per heavy atom. The average Bonchev–Trinajstić information content (AvgIpc) is 2.34. The second-order valence-corrected chi connectivity index (χ2v) is 7.16. The van der Waals surface area contributed by atoms with Crippen LogP contribution in [0.5, 0.6) is 0 Å². The minimum atomic E-state index is -0.921. The molecule has 4 nitrogen and oxygen atoms in total. The molecule has 0 bridgehead atoms. The Hall–Kier alpha value is -0.880. The fraction of sp³-hybridized carbons (Fsp3) is 0.462. The molecule has 0 saturated carbocycles. The molecule has 0 fully saturated rings. The molecule has 0 radical (unpaired) electrons. The highest BCUT2D eigenvalue weighted by Gasteiger charge is 2.08. The first-order valence-electron chi connectivity index (χ1n) is 5.99. The fourth-order valence-electron chi connectivity index (χ4n) is 1.45. The summed E-state index contributed by atoms with van der Waals surface area (Å²) in [6.07, 6.45) is 1.63. The molecule has 0 aliphatic heterocycles. The van der Waals surface area contributed by atoms with E-state index in [1.54, 1.807) is 6.26 Å². The van der Waals surface area contributed by atoms with E-state index in [1.807, 2.05) is 32.0 Å². The van der Waals surface area contributed by atoms with Crippen molar-refractivity contribution in [1.29, 1.82) is 0 Å². The zero-order chi connectivity index (χ0) is 14.4. The summed E-state index contributed by atoms with van der Waals surface area (Å²) in [5.74, 6) is 0. The molecule has 0 heterocycles. The molecule has 0 aliphatic carbocycles. The molecule has 2 unspecified atom stereocenters. The first kappa shape index (κ1) is 16.2. The van der Waals surface area contributed by atoms with Gasteiger partial charge in [0.15, 0.2) is 0 Å². The van der Waals surface area contributed by atoms with E-state index < -0.39 is 10.8 Å². The van der Waals surface area contributed by atoms with Gasteiger partial charge in [0.1, 0.15) is 0 Å². The van der Waals surface area contributed by atoms with Crippen molar-refractivity contribution in [3.8, 4) is 0 Å². The van der Waals surface area contributed by atoms with Gasteiger partial charge >= 0.3 is 6.03 Å². The topological polar surface area (TPSA) is 58.2 Å². The average molecular weight is 347 g/mol. The Morgan fingerprint density at radius 1 is 1.42 bits per heavy atom. The van der Waals surface area contributed by atoms with Gasteiger partial charge < -0.3 is 10.6 Å². The molecule has 106 valence electrons. The Labute approximate surface area is 124 Å². The molecule has 0 saturated heterocycles. The zero-order valence-corrected chi connectivity index (χ0v) is 13.7. The van der Waals surface area contributed by atoms with Crippen molar-refractivity contribution in [2.45, 2.75) is 25.6 Å². The first-order chi connectivity index (χ1) is 8.90. The smallest absolute Gasteiger partial charge is 0.315 e. The van der Waals surface area contributed by atoms with Crippen molar-refractivity contribution in [3.63, 3.8) is 0 Å². The lowest BCUT2D eigenvalue weighted by Gasteiger charge is -2.12. The summed E-state index contributed by atoms with van der Waals surface area (Å²) >= 11 is 3.40. The quantitative estimate of drug-likeness (QED) is 0.859. The molecule has 1 rings (SSSR count). The lowest BCUT2D eigenvalue weighted by molar-refractivity contribution is 0.240. The molecule has 0 aliphatic rings. The normalized spacial score (nSPS) is 13.7. The monoisotopic (exact) mass is 346 g/mol. The standard InChI is InChI=1S/C13H19BrN2O2S/c1-9-6-12(14)5-4-11(9)8-16-13(17)15-7-10(2)19(3)18/h4-6,10H,7-8H2,1-3H3,(H2,15,16,17). The summed E-state index contributed by atoms with van der Waals surface area (Å²) in [4.78, 5) is 11.6. The molecule has 2 N–H and O–H groups in total. The predicted molar refractivity (Wildman–Crippen MR) is 82.6 cm³/mol. The second kappa shape index (κ2) is 7.65. The third-order valence-electron chi connectivity index (χ3n) is 2.86. The van der Waals surface area contributed by atoms with Crippen molar-refractivity contribution in [3.05, 3.63) is 33.8 Å². The van der Waals surface area contributed by atoms with Crippen LogP contribution in [0.1, 0.15) is 18.1 Å². The first-order valence-corrected chi connectivity index (χ1v) is 8.40. The molecule has 6 heteroatoms. The van der Waals surface area contributed by atoms with E-state index in [2.05, 4.69) is 26.6 Å². The maximum atomic E-state index is 11.6. The highest BCUT2D eigenvalue weighted by atomic mass is 79.9. The zero-order valence-electron chi connectivity index (χ0n) is 11.3. The van der Waals surface area contributed by atoms with E-state index in [9.17, 15) is 9.00 Å². The van der Waals surface area contributed by atoms with Crippen LogP contribution in [0.4, 0.5) is 4.79 Å². The minimum Gasteiger partial charge on any atom is -0.337 e. The molecule has 2 amide bonds. The lowest BCUT2D eigenvalue weighted by atomic mass is 10.1. The van der Waals surface area contributed by atoms with Gasteiger partial charge in [0, 0.05) is 39.9 Å². The van der Waals surface area contributed by atoms with Gasteiger partial charge in [-0.2, -0.15) is 0 Å². The number of carbonyl (C=O) groups is 1. The van der Waals surface area contributed by atoms with Crippen molar-refractivity contribution < 1.29 is 9.00 Å². The van der Waals surface area contributed by atoms with Crippen LogP contribution in [0.2, 0.25) is 0 Å². The maximum Gasteiger partial charge on any atom is 0.315 e. The van der Waals surface area contributed by atoms with Crippen LogP contribution in [-0.4, -0.2) is 28.3 Å². The number of hydrogen-bond donors (Lipinski definition) is 2. The number of benzene rings is 1. The highest BCUT2D eigenvalue weighted by Crippen LogP contribution is 2.15. The van der Waals surface area contributed by atoms with E-state index in [0.29, 0.717) is 13.1 Å². The van der Waals surface area contributed by atoms with E-state index in [1.165, 1.54) is 0 Å². The lowest BCUT2D eigenvalue weighted by Crippen LogP contribution is -2.39. The minimum absolute atomic E-state index is 0.0415. The fourth-order valence-corrected chi connectivity index (χ4v) is 2.24. The van der Waals surface area contributed by atoms with Crippen molar-refractivity contribution in [2.24, 2.45) is 0 Å². The Kier molecular flexibility index (Phi) is 6.51. The van der Waals surface area contributed by atoms with E-state index >= 15 is 0 Å². The van der Waals surface area contributed by atoms with Gasteiger partial charge in [-0.25, -0.2) is 4.79 Å². The SMILES string of the molecule is Cc1cc(Br)ccc1CNC(=O)NCC(C)S(C)=O. The Bertz CT molecular complexity index is 480. The molecular weight excluding hydrogens is 328 g/mol. The molecule has 0 aromatic heterocycles. The van der Waals surface area contributed by atoms with Gasteiger partial charge in [0.2, 0.25) is 0 Å². The molecule has 19 heavy (non-hydrogen) atoms. The largest absolute Gasteiger partial charge is 0.337 e. The molecule has 2 atom stereocenters. The number of amides is 2. The van der Waals surface area contributed by atoms with Gasteiger partial charge in [-0.3, -0.25) is 4.21 Å². The van der Waals surface area contributed by atoms with E-state index in [-0.39, 0.29) is 11.3 Å². The molecular formula is C13H19BrN2O2S. The number of carbonyl (C=O) groups excluding carboxylic acids is 1. The van der Waals surface area contributed by atoms with Crippen molar-refractivity contribution in [2.75, 3.05) is 12.8 Å². The Morgan fingerprint density at radius 2 is 2.11 bits per heavy atom. The van der Waals surface area contributed by atoms with Crippen LogP contribution in [0.25, 0.3) is 0 Å². The van der Waals surface area contributed by atoms with Crippen LogP contribution in [-0.2, 0) is 17.3 Å². The second-order valence-electron chi connectivity index (χ2n) is 4.44. The number of urea groups is 1. The molecule has 0 spiro atoms. The third-order valence-corrected chi connectivity index (χ3v) is 4.65. The van der Waals surface area contributed by atoms with Gasteiger partial charge in [0.25, 0.3) is 0 Å². The summed E-state index contributed by atoms with van der Waals surface area (Å²) in [6, 6.07) is 5.70. The molecule has 1 aromatic carbocycles. The third kappa shape index (κ3) is 5.74. The summed E-state index contributed by atoms with van der Waals surface area (Å²) in [6.45, 7) is 4.74. The summed E-state index contributed by atoms with van der Waals surface area (Å²) in [7, 11) is -0.921. The summed E-state index contributed by atoms with van der Waals surface area (Å²) in [5.41, 5.74) is 2.20. The maximum absolute atomic E-state index is 11.6. The van der Waals surface area contributed by atoms with Crippen LogP contribution >= 0.6 is 15.9 Å². The number of aryl methyl sites for hydroxylation is 1. The van der Waals surface area contributed by atoms with Crippen LogP contribution < -0.4 is 10.6 Å². The van der Waals surface area contributed by atoms with Gasteiger partial charge in [-0.05, 0) is 37.1 Å². The highest BCUT2D eigenvalue weighted by molar-refractivity contribution is 9.10. The number of rotatable bonds is 5. The Balaban J connectivity index is 2.40. The van der Waals surface area contributed by atoms with Gasteiger partial charge in [-0.1, -0.05) is 22.0 Å². The number of halogens is 1. The van der Waals surface area contributed by atoms with E-state index in [4.69, 9.17) is 0 Å². The van der Waals surface area contributed by atoms with Crippen LogP contribution in [0.15, 0.2) is 22.7 Å². The van der Waals surface area contributed by atoms with Crippen molar-refractivity contribution >= 4 is 32.8 Å².